The number of hydrogen-bond acceptors (Lipinski definition) is 3. The van der Waals surface area contributed by atoms with E-state index in [1.807, 2.05) is 0 Å². The lowest BCUT2D eigenvalue weighted by Crippen LogP contribution is -2.41. The number of rotatable bonds is 3. The van der Waals surface area contributed by atoms with Gasteiger partial charge in [-0.05, 0) is 42.8 Å². The molecule has 1 saturated heterocycles. The minimum absolute atomic E-state index is 0.0283. The first-order valence-electron chi connectivity index (χ1n) is 6.54. The number of likely N-dealkylation sites (tertiary alicyclic amines) is 1. The van der Waals surface area contributed by atoms with Gasteiger partial charge in [0, 0.05) is 29.7 Å². The molecule has 1 aliphatic heterocycles. The van der Waals surface area contributed by atoms with Crippen molar-refractivity contribution in [3.05, 3.63) is 23.2 Å². The van der Waals surface area contributed by atoms with E-state index in [9.17, 15) is 18.0 Å². The van der Waals surface area contributed by atoms with Gasteiger partial charge in [-0.1, -0.05) is 11.6 Å². The molecule has 0 radical (unpaired) electrons. The van der Waals surface area contributed by atoms with Crippen LogP contribution in [0.15, 0.2) is 23.1 Å². The van der Waals surface area contributed by atoms with Crippen molar-refractivity contribution in [3.63, 3.8) is 0 Å². The molecular weight excluding hydrogens is 341 g/mol. The number of benzene rings is 1. The van der Waals surface area contributed by atoms with Crippen molar-refractivity contribution in [2.24, 2.45) is 0 Å². The minimum atomic E-state index is -4.39. The average molecular weight is 355 g/mol. The Morgan fingerprint density at radius 2 is 2.00 bits per heavy atom. The summed E-state index contributed by atoms with van der Waals surface area (Å²) in [6.45, 7) is 0.815. The third-order valence-corrected chi connectivity index (χ3v) is 4.52. The monoisotopic (exact) mass is 354 g/mol. The van der Waals surface area contributed by atoms with Crippen LogP contribution in [-0.2, 0) is 0 Å². The second-order valence-corrected chi connectivity index (χ2v) is 6.40. The Morgan fingerprint density at radius 3 is 2.55 bits per heavy atom. The minimum Gasteiger partial charge on any atom is -0.465 e. The zero-order chi connectivity index (χ0) is 16.3. The number of anilines is 1. The van der Waals surface area contributed by atoms with Crippen LogP contribution >= 0.6 is 23.4 Å². The number of halogens is 4. The molecule has 1 aromatic carbocycles. The second kappa shape index (κ2) is 6.87. The molecule has 9 heteroatoms. The van der Waals surface area contributed by atoms with Gasteiger partial charge >= 0.3 is 11.6 Å². The van der Waals surface area contributed by atoms with E-state index in [1.165, 1.54) is 17.0 Å². The zero-order valence-electron chi connectivity index (χ0n) is 11.4. The Kier molecular flexibility index (Phi) is 5.33. The van der Waals surface area contributed by atoms with Crippen LogP contribution in [0.5, 0.6) is 0 Å². The standard InChI is InChI=1S/C13H14ClF3N2O2S/c14-10-2-1-9(7-11(10)22-13(15,16)17)18-8-3-5-19(6-4-8)12(20)21/h1-2,7-8,18H,3-6H2,(H,20,21). The molecule has 0 bridgehead atoms. The van der Waals surface area contributed by atoms with Crippen molar-refractivity contribution >= 4 is 35.1 Å². The van der Waals surface area contributed by atoms with Gasteiger partial charge in [-0.15, -0.1) is 0 Å². The lowest BCUT2D eigenvalue weighted by Gasteiger charge is -2.31. The third kappa shape index (κ3) is 4.88. The molecule has 0 aliphatic carbocycles. The number of carbonyl (C=O) groups is 1. The first kappa shape index (κ1) is 17.1. The smallest absolute Gasteiger partial charge is 0.446 e. The summed E-state index contributed by atoms with van der Waals surface area (Å²) in [7, 11) is 0. The summed E-state index contributed by atoms with van der Waals surface area (Å²) in [5, 5.41) is 12.1. The Balaban J connectivity index is 1.99. The van der Waals surface area contributed by atoms with Gasteiger partial charge in [0.1, 0.15) is 0 Å². The van der Waals surface area contributed by atoms with E-state index < -0.39 is 11.6 Å². The molecule has 4 nitrogen and oxygen atoms in total. The summed E-state index contributed by atoms with van der Waals surface area (Å²) in [5.74, 6) is 0. The van der Waals surface area contributed by atoms with Crippen LogP contribution in [-0.4, -0.2) is 40.7 Å². The molecular formula is C13H14ClF3N2O2S. The van der Waals surface area contributed by atoms with E-state index in [-0.39, 0.29) is 27.7 Å². The van der Waals surface area contributed by atoms with Gasteiger partial charge in [-0.3, -0.25) is 0 Å². The molecule has 0 saturated carbocycles. The maximum absolute atomic E-state index is 12.5. The van der Waals surface area contributed by atoms with Gasteiger partial charge in [0.2, 0.25) is 0 Å². The number of hydrogen-bond donors (Lipinski definition) is 2. The fraction of sp³-hybridized carbons (Fsp3) is 0.462. The summed E-state index contributed by atoms with van der Waals surface area (Å²) >= 11 is 5.53. The Hall–Kier alpha value is -1.28. The number of carboxylic acid groups (broad SMARTS) is 1. The van der Waals surface area contributed by atoms with E-state index in [1.54, 1.807) is 6.07 Å². The summed E-state index contributed by atoms with van der Waals surface area (Å²) in [6.07, 6.45) is 0.265. The molecule has 1 fully saturated rings. The lowest BCUT2D eigenvalue weighted by molar-refractivity contribution is -0.0328. The van der Waals surface area contributed by atoms with E-state index in [2.05, 4.69) is 5.32 Å². The normalized spacial score (nSPS) is 16.6. The number of alkyl halides is 3. The topological polar surface area (TPSA) is 52.6 Å². The fourth-order valence-corrected chi connectivity index (χ4v) is 3.08. The lowest BCUT2D eigenvalue weighted by atomic mass is 10.1. The molecule has 122 valence electrons. The van der Waals surface area contributed by atoms with Crippen molar-refractivity contribution in [3.8, 4) is 0 Å². The molecule has 2 N–H and O–H groups in total. The van der Waals surface area contributed by atoms with Gasteiger partial charge in [0.25, 0.3) is 0 Å². The SMILES string of the molecule is O=C(O)N1CCC(Nc2ccc(Cl)c(SC(F)(F)F)c2)CC1. The predicted molar refractivity (Wildman–Crippen MR) is 79.6 cm³/mol. The van der Waals surface area contributed by atoms with Gasteiger partial charge in [-0.25, -0.2) is 4.79 Å². The third-order valence-electron chi connectivity index (χ3n) is 3.29. The molecule has 2 rings (SSSR count). The van der Waals surface area contributed by atoms with Crippen LogP contribution in [0.2, 0.25) is 5.02 Å². The zero-order valence-corrected chi connectivity index (χ0v) is 12.9. The molecule has 0 aromatic heterocycles. The highest BCUT2D eigenvalue weighted by atomic mass is 35.5. The van der Waals surface area contributed by atoms with Crippen molar-refractivity contribution in [2.75, 3.05) is 18.4 Å². The number of nitrogens with one attached hydrogen (secondary N) is 1. The van der Waals surface area contributed by atoms with Crippen LogP contribution in [0.1, 0.15) is 12.8 Å². The Morgan fingerprint density at radius 1 is 1.36 bits per heavy atom. The second-order valence-electron chi connectivity index (χ2n) is 4.88. The summed E-state index contributed by atoms with van der Waals surface area (Å²) in [6, 6.07) is 4.43. The molecule has 0 atom stereocenters. The van der Waals surface area contributed by atoms with Gasteiger partial charge < -0.3 is 15.3 Å². The molecule has 1 aromatic rings. The highest BCUT2D eigenvalue weighted by Gasteiger charge is 2.30. The van der Waals surface area contributed by atoms with Gasteiger partial charge in [-0.2, -0.15) is 13.2 Å². The molecule has 22 heavy (non-hydrogen) atoms. The average Bonchev–Trinajstić information content (AvgIpc) is 2.41. The molecule has 1 heterocycles. The molecule has 1 aliphatic rings. The summed E-state index contributed by atoms with van der Waals surface area (Å²) < 4.78 is 37.4. The van der Waals surface area contributed by atoms with E-state index in [0.29, 0.717) is 31.6 Å². The fourth-order valence-electron chi connectivity index (χ4n) is 2.25. The van der Waals surface area contributed by atoms with Gasteiger partial charge in [0.05, 0.1) is 5.02 Å². The number of piperidine rings is 1. The van der Waals surface area contributed by atoms with E-state index in [4.69, 9.17) is 16.7 Å². The van der Waals surface area contributed by atoms with E-state index >= 15 is 0 Å². The Labute approximate surface area is 134 Å². The van der Waals surface area contributed by atoms with Crippen molar-refractivity contribution in [2.45, 2.75) is 29.3 Å². The molecule has 1 amide bonds. The highest BCUT2D eigenvalue weighted by Crippen LogP contribution is 2.41. The van der Waals surface area contributed by atoms with Crippen LogP contribution in [0.4, 0.5) is 23.7 Å². The van der Waals surface area contributed by atoms with E-state index in [0.717, 1.165) is 0 Å². The Bertz CT molecular complexity index is 549. The maximum Gasteiger partial charge on any atom is 0.446 e. The number of nitrogens with zero attached hydrogens (tertiary/aromatic N) is 1. The van der Waals surface area contributed by atoms with Crippen molar-refractivity contribution < 1.29 is 23.1 Å². The number of amides is 1. The molecule has 0 spiro atoms. The van der Waals surface area contributed by atoms with Crippen molar-refractivity contribution in [1.82, 2.24) is 4.90 Å². The first-order valence-corrected chi connectivity index (χ1v) is 7.74. The largest absolute Gasteiger partial charge is 0.465 e. The summed E-state index contributed by atoms with van der Waals surface area (Å²) in [4.78, 5) is 12.1. The highest BCUT2D eigenvalue weighted by molar-refractivity contribution is 8.00. The number of thioether (sulfide) groups is 1. The predicted octanol–water partition coefficient (Wildman–Crippen LogP) is 4.51. The van der Waals surface area contributed by atoms with Crippen LogP contribution in [0, 0.1) is 0 Å². The molecule has 0 unspecified atom stereocenters. The van der Waals surface area contributed by atoms with Crippen molar-refractivity contribution in [1.29, 1.82) is 0 Å². The summed E-state index contributed by atoms with van der Waals surface area (Å²) in [5.41, 5.74) is -3.85. The maximum atomic E-state index is 12.5. The van der Waals surface area contributed by atoms with Gasteiger partial charge in [0.15, 0.2) is 0 Å². The first-order chi connectivity index (χ1) is 10.2. The quantitative estimate of drug-likeness (QED) is 0.784. The van der Waals surface area contributed by atoms with Crippen LogP contribution in [0.3, 0.4) is 0 Å². The van der Waals surface area contributed by atoms with Crippen LogP contribution < -0.4 is 5.32 Å². The van der Waals surface area contributed by atoms with Crippen LogP contribution in [0.25, 0.3) is 0 Å².